The monoisotopic (exact) mass is 275 g/mol. The van der Waals surface area contributed by atoms with Gasteiger partial charge in [-0.15, -0.1) is 0 Å². The number of nitrogens with zero attached hydrogens (tertiary/aromatic N) is 1. The van der Waals surface area contributed by atoms with Crippen LogP contribution in [-0.2, 0) is 9.59 Å². The van der Waals surface area contributed by atoms with Gasteiger partial charge < -0.3 is 14.7 Å². The standard InChI is InChI=1S/C15H17NO4/c1-20-11-4-2-9(3-5-11)10-6-13-12(15(18)19)7-14(17)16(13)8-10/h2-5,10,12-13H,6-8H2,1H3,(H,18,19)/t10?,12-,13?/m1/s1. The molecule has 2 fully saturated rings. The summed E-state index contributed by atoms with van der Waals surface area (Å²) in [5.74, 6) is -0.422. The van der Waals surface area contributed by atoms with Crippen molar-refractivity contribution in [2.45, 2.75) is 24.8 Å². The molecule has 5 nitrogen and oxygen atoms in total. The Hall–Kier alpha value is -2.04. The molecule has 1 N–H and O–H groups in total. The third-order valence-corrected chi connectivity index (χ3v) is 4.43. The van der Waals surface area contributed by atoms with Crippen LogP contribution in [0, 0.1) is 5.92 Å². The number of carboxylic acid groups (broad SMARTS) is 1. The Kier molecular flexibility index (Phi) is 3.12. The maximum Gasteiger partial charge on any atom is 0.309 e. The van der Waals surface area contributed by atoms with Gasteiger partial charge in [-0.05, 0) is 24.1 Å². The van der Waals surface area contributed by atoms with Gasteiger partial charge in [0.25, 0.3) is 0 Å². The number of ether oxygens (including phenoxy) is 1. The summed E-state index contributed by atoms with van der Waals surface area (Å²) in [6, 6.07) is 7.63. The quantitative estimate of drug-likeness (QED) is 0.907. The molecular weight excluding hydrogens is 258 g/mol. The fourth-order valence-corrected chi connectivity index (χ4v) is 3.35. The largest absolute Gasteiger partial charge is 0.497 e. The summed E-state index contributed by atoms with van der Waals surface area (Å²) >= 11 is 0. The van der Waals surface area contributed by atoms with E-state index in [1.165, 1.54) is 0 Å². The first-order valence-corrected chi connectivity index (χ1v) is 6.76. The minimum absolute atomic E-state index is 0.0292. The molecule has 0 radical (unpaired) electrons. The van der Waals surface area contributed by atoms with Crippen LogP contribution in [0.25, 0.3) is 0 Å². The van der Waals surface area contributed by atoms with E-state index in [4.69, 9.17) is 4.74 Å². The minimum Gasteiger partial charge on any atom is -0.497 e. The molecule has 0 aliphatic carbocycles. The van der Waals surface area contributed by atoms with E-state index in [1.54, 1.807) is 12.0 Å². The van der Waals surface area contributed by atoms with Crippen LogP contribution < -0.4 is 4.74 Å². The predicted octanol–water partition coefficient (Wildman–Crippen LogP) is 1.48. The first-order chi connectivity index (χ1) is 9.60. The first-order valence-electron chi connectivity index (χ1n) is 6.76. The number of aliphatic carboxylic acids is 1. The number of benzene rings is 1. The Labute approximate surface area is 117 Å². The van der Waals surface area contributed by atoms with E-state index in [2.05, 4.69) is 0 Å². The summed E-state index contributed by atoms with van der Waals surface area (Å²) in [5, 5.41) is 9.21. The smallest absolute Gasteiger partial charge is 0.309 e. The van der Waals surface area contributed by atoms with Gasteiger partial charge in [0.2, 0.25) is 5.91 Å². The van der Waals surface area contributed by atoms with Crippen molar-refractivity contribution >= 4 is 11.9 Å². The minimum atomic E-state index is -0.860. The zero-order chi connectivity index (χ0) is 14.3. The first kappa shape index (κ1) is 13.0. The summed E-state index contributed by atoms with van der Waals surface area (Å²) in [4.78, 5) is 24.9. The molecule has 3 rings (SSSR count). The van der Waals surface area contributed by atoms with Crippen molar-refractivity contribution in [3.63, 3.8) is 0 Å². The van der Waals surface area contributed by atoms with Crippen molar-refractivity contribution in [1.82, 2.24) is 4.90 Å². The SMILES string of the molecule is COc1ccc(C2CC3[C@H](C(=O)O)CC(=O)N3C2)cc1. The number of carbonyl (C=O) groups excluding carboxylic acids is 1. The Bertz CT molecular complexity index is 539. The van der Waals surface area contributed by atoms with Gasteiger partial charge in [-0.2, -0.15) is 0 Å². The van der Waals surface area contributed by atoms with Crippen LogP contribution in [0.4, 0.5) is 0 Å². The van der Waals surface area contributed by atoms with Crippen LogP contribution in [-0.4, -0.2) is 41.6 Å². The van der Waals surface area contributed by atoms with Crippen molar-refractivity contribution in [2.24, 2.45) is 5.92 Å². The number of fused-ring (bicyclic) bond motifs is 1. The summed E-state index contributed by atoms with van der Waals surface area (Å²) in [5.41, 5.74) is 1.14. The van der Waals surface area contributed by atoms with E-state index in [0.717, 1.165) is 17.7 Å². The molecule has 0 spiro atoms. The highest BCUT2D eigenvalue weighted by atomic mass is 16.5. The van der Waals surface area contributed by atoms with Gasteiger partial charge in [-0.1, -0.05) is 12.1 Å². The summed E-state index contributed by atoms with van der Waals surface area (Å²) < 4.78 is 5.13. The molecule has 2 aliphatic rings. The van der Waals surface area contributed by atoms with Crippen molar-refractivity contribution < 1.29 is 19.4 Å². The summed E-state index contributed by atoms with van der Waals surface area (Å²) in [6.07, 6.45) is 0.879. The second-order valence-corrected chi connectivity index (χ2v) is 5.47. The second kappa shape index (κ2) is 4.81. The zero-order valence-corrected chi connectivity index (χ0v) is 11.3. The van der Waals surface area contributed by atoms with Crippen LogP contribution >= 0.6 is 0 Å². The molecule has 1 aromatic rings. The van der Waals surface area contributed by atoms with Crippen LogP contribution in [0.3, 0.4) is 0 Å². The van der Waals surface area contributed by atoms with E-state index in [1.807, 2.05) is 24.3 Å². The molecule has 5 heteroatoms. The van der Waals surface area contributed by atoms with Crippen molar-refractivity contribution in [1.29, 1.82) is 0 Å². The molecule has 0 bridgehead atoms. The Balaban J connectivity index is 1.78. The highest BCUT2D eigenvalue weighted by Gasteiger charge is 2.49. The summed E-state index contributed by atoms with van der Waals surface area (Å²) in [7, 11) is 1.62. The highest BCUT2D eigenvalue weighted by molar-refractivity contribution is 5.87. The lowest BCUT2D eigenvalue weighted by Crippen LogP contribution is -2.31. The van der Waals surface area contributed by atoms with Gasteiger partial charge in [0.05, 0.1) is 13.0 Å². The normalized spacial score (nSPS) is 28.6. The highest BCUT2D eigenvalue weighted by Crippen LogP contribution is 2.41. The number of amides is 1. The zero-order valence-electron chi connectivity index (χ0n) is 11.3. The van der Waals surface area contributed by atoms with E-state index in [9.17, 15) is 14.7 Å². The molecule has 2 saturated heterocycles. The van der Waals surface area contributed by atoms with Crippen LogP contribution in [0.5, 0.6) is 5.75 Å². The Morgan fingerprint density at radius 2 is 2.05 bits per heavy atom. The molecule has 1 aromatic carbocycles. The number of hydrogen-bond acceptors (Lipinski definition) is 3. The van der Waals surface area contributed by atoms with Crippen molar-refractivity contribution in [2.75, 3.05) is 13.7 Å². The van der Waals surface area contributed by atoms with E-state index >= 15 is 0 Å². The predicted molar refractivity (Wildman–Crippen MR) is 71.6 cm³/mol. The van der Waals surface area contributed by atoms with Gasteiger partial charge in [-0.25, -0.2) is 0 Å². The van der Waals surface area contributed by atoms with Gasteiger partial charge in [0, 0.05) is 24.9 Å². The van der Waals surface area contributed by atoms with E-state index < -0.39 is 11.9 Å². The maximum atomic E-state index is 11.9. The molecule has 0 saturated carbocycles. The molecule has 2 unspecified atom stereocenters. The Morgan fingerprint density at radius 1 is 1.35 bits per heavy atom. The Morgan fingerprint density at radius 3 is 2.65 bits per heavy atom. The molecule has 3 atom stereocenters. The summed E-state index contributed by atoms with van der Waals surface area (Å²) in [6.45, 7) is 0.625. The molecule has 2 heterocycles. The van der Waals surface area contributed by atoms with Crippen molar-refractivity contribution in [3.05, 3.63) is 29.8 Å². The number of carbonyl (C=O) groups is 2. The molecule has 20 heavy (non-hydrogen) atoms. The number of rotatable bonds is 3. The fraction of sp³-hybridized carbons (Fsp3) is 0.467. The lowest BCUT2D eigenvalue weighted by Gasteiger charge is -2.16. The molecule has 0 aromatic heterocycles. The number of methoxy groups -OCH3 is 1. The molecule has 106 valence electrons. The topological polar surface area (TPSA) is 66.8 Å². The van der Waals surface area contributed by atoms with E-state index in [-0.39, 0.29) is 24.3 Å². The van der Waals surface area contributed by atoms with Crippen molar-refractivity contribution in [3.8, 4) is 5.75 Å². The molecule has 2 aliphatic heterocycles. The van der Waals surface area contributed by atoms with Crippen LogP contribution in [0.1, 0.15) is 24.3 Å². The number of hydrogen-bond donors (Lipinski definition) is 1. The maximum absolute atomic E-state index is 11.9. The van der Waals surface area contributed by atoms with Gasteiger partial charge in [-0.3, -0.25) is 9.59 Å². The third-order valence-electron chi connectivity index (χ3n) is 4.43. The van der Waals surface area contributed by atoms with Gasteiger partial charge in [0.1, 0.15) is 5.75 Å². The van der Waals surface area contributed by atoms with Gasteiger partial charge >= 0.3 is 5.97 Å². The lowest BCUT2D eigenvalue weighted by atomic mass is 9.90. The van der Waals surface area contributed by atoms with Crippen LogP contribution in [0.15, 0.2) is 24.3 Å². The lowest BCUT2D eigenvalue weighted by molar-refractivity contribution is -0.142. The molecular formula is C15H17NO4. The average molecular weight is 275 g/mol. The van der Waals surface area contributed by atoms with Gasteiger partial charge in [0.15, 0.2) is 0 Å². The van der Waals surface area contributed by atoms with Crippen LogP contribution in [0.2, 0.25) is 0 Å². The molecule has 1 amide bonds. The third kappa shape index (κ3) is 2.03. The second-order valence-electron chi connectivity index (χ2n) is 5.47. The number of carboxylic acids is 1. The van der Waals surface area contributed by atoms with E-state index in [0.29, 0.717) is 6.54 Å². The fourth-order valence-electron chi connectivity index (χ4n) is 3.35. The average Bonchev–Trinajstić information content (AvgIpc) is 3.00.